The van der Waals surface area contributed by atoms with Crippen molar-refractivity contribution in [2.75, 3.05) is 5.32 Å². The summed E-state index contributed by atoms with van der Waals surface area (Å²) in [5.41, 5.74) is 3.99. The monoisotopic (exact) mass is 407 g/mol. The summed E-state index contributed by atoms with van der Waals surface area (Å²) in [6.45, 7) is 1.67. The molecule has 0 aliphatic rings. The Bertz CT molecular complexity index is 776. The number of halogens is 2. The summed E-state index contributed by atoms with van der Waals surface area (Å²) in [7, 11) is 0. The van der Waals surface area contributed by atoms with Crippen LogP contribution < -0.4 is 10.7 Å². The van der Waals surface area contributed by atoms with E-state index in [1.807, 2.05) is 12.1 Å². The number of hydrogen-bond donors (Lipinski definition) is 2. The van der Waals surface area contributed by atoms with Crippen LogP contribution in [-0.2, 0) is 4.79 Å². The van der Waals surface area contributed by atoms with Crippen LogP contribution in [0.5, 0.6) is 0 Å². The molecule has 0 bridgehead atoms. The third-order valence-electron chi connectivity index (χ3n) is 2.98. The number of hydrazone groups is 1. The van der Waals surface area contributed by atoms with Gasteiger partial charge in [0.05, 0.1) is 6.42 Å². The summed E-state index contributed by atoms with van der Waals surface area (Å²) in [5, 5.41) is 7.16. The lowest BCUT2D eigenvalue weighted by molar-refractivity contribution is -0.115. The number of anilines is 1. The van der Waals surface area contributed by atoms with Gasteiger partial charge in [-0.1, -0.05) is 33.6 Å². The number of nitrogens with zero attached hydrogens (tertiary/aromatic N) is 1. The van der Waals surface area contributed by atoms with Gasteiger partial charge in [0.2, 0.25) is 5.91 Å². The molecule has 0 heterocycles. The Labute approximate surface area is 153 Å². The second-order valence-electron chi connectivity index (χ2n) is 5.03. The molecule has 2 N–H and O–H groups in total. The van der Waals surface area contributed by atoms with Crippen LogP contribution in [0.3, 0.4) is 0 Å². The lowest BCUT2D eigenvalue weighted by atomic mass is 10.2. The maximum atomic E-state index is 11.9. The molecule has 0 saturated heterocycles. The smallest absolute Gasteiger partial charge is 0.271 e. The van der Waals surface area contributed by atoms with Gasteiger partial charge >= 0.3 is 0 Å². The third kappa shape index (κ3) is 5.79. The van der Waals surface area contributed by atoms with E-state index in [1.54, 1.807) is 43.3 Å². The van der Waals surface area contributed by atoms with Gasteiger partial charge in [-0.15, -0.1) is 0 Å². The Morgan fingerprint density at radius 3 is 2.54 bits per heavy atom. The van der Waals surface area contributed by atoms with Crippen LogP contribution in [0.25, 0.3) is 0 Å². The number of amides is 2. The van der Waals surface area contributed by atoms with Gasteiger partial charge in [0.25, 0.3) is 5.91 Å². The lowest BCUT2D eigenvalue weighted by Crippen LogP contribution is -2.21. The number of carbonyl (C=O) groups excluding carboxylic acids is 2. The molecule has 0 atom stereocenters. The minimum absolute atomic E-state index is 0.0753. The molecule has 2 amide bonds. The first kappa shape index (κ1) is 18.2. The summed E-state index contributed by atoms with van der Waals surface area (Å²) in [6, 6.07) is 13.8. The minimum atomic E-state index is -0.384. The molecular formula is C17H15BrClN3O2. The van der Waals surface area contributed by atoms with Gasteiger partial charge in [0.1, 0.15) is 0 Å². The molecular weight excluding hydrogens is 394 g/mol. The van der Waals surface area contributed by atoms with E-state index >= 15 is 0 Å². The van der Waals surface area contributed by atoms with Crippen molar-refractivity contribution in [3.8, 4) is 0 Å². The number of nitrogens with one attached hydrogen (secondary N) is 2. The van der Waals surface area contributed by atoms with Crippen molar-refractivity contribution >= 4 is 50.7 Å². The van der Waals surface area contributed by atoms with Gasteiger partial charge in [0.15, 0.2) is 0 Å². The predicted molar refractivity (Wildman–Crippen MR) is 99.4 cm³/mol. The molecule has 0 saturated carbocycles. The molecule has 2 aromatic rings. The molecule has 0 radical (unpaired) electrons. The standard InChI is InChI=1S/C17H15BrClN3O2/c1-11(9-16(23)20-15-7-5-13(18)6-8-15)21-22-17(24)12-3-2-4-14(19)10-12/h2-8,10H,9H2,1H3,(H,20,23)(H,22,24)/b21-11-. The van der Waals surface area contributed by atoms with Crippen LogP contribution in [0.4, 0.5) is 5.69 Å². The van der Waals surface area contributed by atoms with E-state index in [0.29, 0.717) is 22.0 Å². The fourth-order valence-corrected chi connectivity index (χ4v) is 2.31. The second-order valence-corrected chi connectivity index (χ2v) is 6.38. The highest BCUT2D eigenvalue weighted by Crippen LogP contribution is 2.14. The number of carbonyl (C=O) groups is 2. The third-order valence-corrected chi connectivity index (χ3v) is 3.74. The molecule has 0 aromatic heterocycles. The predicted octanol–water partition coefficient (Wildman–Crippen LogP) is 4.24. The Kier molecular flexibility index (Phi) is 6.52. The van der Waals surface area contributed by atoms with E-state index in [1.165, 1.54) is 0 Å². The summed E-state index contributed by atoms with van der Waals surface area (Å²) < 4.78 is 0.932. The van der Waals surface area contributed by atoms with E-state index in [9.17, 15) is 9.59 Å². The van der Waals surface area contributed by atoms with E-state index in [2.05, 4.69) is 31.8 Å². The highest BCUT2D eigenvalue weighted by atomic mass is 79.9. The van der Waals surface area contributed by atoms with E-state index in [0.717, 1.165) is 4.47 Å². The Hall–Kier alpha value is -2.18. The van der Waals surface area contributed by atoms with Crippen LogP contribution >= 0.6 is 27.5 Å². The second kappa shape index (κ2) is 8.61. The van der Waals surface area contributed by atoms with Crippen LogP contribution in [0.2, 0.25) is 5.02 Å². The summed E-state index contributed by atoms with van der Waals surface area (Å²) >= 11 is 9.16. The van der Waals surface area contributed by atoms with E-state index in [-0.39, 0.29) is 18.2 Å². The zero-order valence-electron chi connectivity index (χ0n) is 12.8. The molecule has 0 spiro atoms. The van der Waals surface area contributed by atoms with Gasteiger partial charge < -0.3 is 5.32 Å². The van der Waals surface area contributed by atoms with Gasteiger partial charge in [-0.3, -0.25) is 9.59 Å². The topological polar surface area (TPSA) is 70.6 Å². The first-order chi connectivity index (χ1) is 11.4. The molecule has 7 heteroatoms. The molecule has 0 aliphatic carbocycles. The van der Waals surface area contributed by atoms with Crippen molar-refractivity contribution in [2.24, 2.45) is 5.10 Å². The van der Waals surface area contributed by atoms with Crippen molar-refractivity contribution in [1.29, 1.82) is 0 Å². The van der Waals surface area contributed by atoms with E-state index in [4.69, 9.17) is 11.6 Å². The molecule has 2 rings (SSSR count). The number of hydrogen-bond acceptors (Lipinski definition) is 3. The molecule has 0 fully saturated rings. The quantitative estimate of drug-likeness (QED) is 0.574. The van der Waals surface area contributed by atoms with E-state index < -0.39 is 0 Å². The summed E-state index contributed by atoms with van der Waals surface area (Å²) in [6.07, 6.45) is 0.0753. The zero-order valence-corrected chi connectivity index (χ0v) is 15.2. The first-order valence-electron chi connectivity index (χ1n) is 7.08. The normalized spacial score (nSPS) is 11.0. The maximum Gasteiger partial charge on any atom is 0.271 e. The van der Waals surface area contributed by atoms with Crippen LogP contribution in [0.15, 0.2) is 58.1 Å². The fourth-order valence-electron chi connectivity index (χ4n) is 1.85. The molecule has 0 unspecified atom stereocenters. The van der Waals surface area contributed by atoms with Gasteiger partial charge in [-0.25, -0.2) is 5.43 Å². The average Bonchev–Trinajstić information content (AvgIpc) is 2.54. The van der Waals surface area contributed by atoms with Gasteiger partial charge in [-0.2, -0.15) is 5.10 Å². The molecule has 0 aliphatic heterocycles. The molecule has 24 heavy (non-hydrogen) atoms. The van der Waals surface area contributed by atoms with Crippen molar-refractivity contribution in [1.82, 2.24) is 5.43 Å². The van der Waals surface area contributed by atoms with Crippen LogP contribution in [-0.4, -0.2) is 17.5 Å². The lowest BCUT2D eigenvalue weighted by Gasteiger charge is -2.06. The Morgan fingerprint density at radius 1 is 1.17 bits per heavy atom. The average molecular weight is 409 g/mol. The van der Waals surface area contributed by atoms with Crippen LogP contribution in [0, 0.1) is 0 Å². The van der Waals surface area contributed by atoms with Crippen molar-refractivity contribution in [3.63, 3.8) is 0 Å². The van der Waals surface area contributed by atoms with Crippen molar-refractivity contribution in [2.45, 2.75) is 13.3 Å². The number of benzene rings is 2. The van der Waals surface area contributed by atoms with Crippen molar-refractivity contribution < 1.29 is 9.59 Å². The minimum Gasteiger partial charge on any atom is -0.326 e. The molecule has 2 aromatic carbocycles. The number of rotatable bonds is 5. The Balaban J connectivity index is 1.87. The Morgan fingerprint density at radius 2 is 1.88 bits per heavy atom. The van der Waals surface area contributed by atoms with Crippen molar-refractivity contribution in [3.05, 3.63) is 63.6 Å². The summed E-state index contributed by atoms with van der Waals surface area (Å²) in [5.74, 6) is -0.597. The largest absolute Gasteiger partial charge is 0.326 e. The summed E-state index contributed by atoms with van der Waals surface area (Å²) in [4.78, 5) is 23.9. The molecule has 124 valence electrons. The highest BCUT2D eigenvalue weighted by molar-refractivity contribution is 9.10. The molecule has 5 nitrogen and oxygen atoms in total. The highest BCUT2D eigenvalue weighted by Gasteiger charge is 2.07. The van der Waals surface area contributed by atoms with Gasteiger partial charge in [0, 0.05) is 26.5 Å². The zero-order chi connectivity index (χ0) is 17.5. The first-order valence-corrected chi connectivity index (χ1v) is 8.25. The fraction of sp³-hybridized carbons (Fsp3) is 0.118. The maximum absolute atomic E-state index is 11.9. The van der Waals surface area contributed by atoms with Gasteiger partial charge in [-0.05, 0) is 49.4 Å². The SMILES string of the molecule is C/C(CC(=O)Nc1ccc(Br)cc1)=N/NC(=O)c1cccc(Cl)c1. The van der Waals surface area contributed by atoms with Crippen LogP contribution in [0.1, 0.15) is 23.7 Å².